The minimum atomic E-state index is 0.205. The van der Waals surface area contributed by atoms with E-state index >= 15 is 0 Å². The molecule has 0 aliphatic rings. The summed E-state index contributed by atoms with van der Waals surface area (Å²) in [6, 6.07) is 21.6. The standard InChI is InChI=1S/C17H21B/c1-17(2,16-12-8-5-9-13-16)18(3)14-15-10-6-4-7-11-15/h4-13H,14H2,1-3H3. The zero-order chi connectivity index (χ0) is 13.0. The molecule has 2 rings (SSSR count). The topological polar surface area (TPSA) is 0 Å². The van der Waals surface area contributed by atoms with Crippen LogP contribution in [0.15, 0.2) is 60.7 Å². The van der Waals surface area contributed by atoms with E-state index in [1.165, 1.54) is 11.1 Å². The molecule has 0 aliphatic carbocycles. The van der Waals surface area contributed by atoms with E-state index in [9.17, 15) is 0 Å². The van der Waals surface area contributed by atoms with Crippen molar-refractivity contribution in [3.8, 4) is 0 Å². The van der Waals surface area contributed by atoms with Crippen molar-refractivity contribution < 1.29 is 0 Å². The van der Waals surface area contributed by atoms with E-state index in [0.717, 1.165) is 6.32 Å². The Labute approximate surface area is 111 Å². The lowest BCUT2D eigenvalue weighted by Gasteiger charge is -2.30. The molecule has 0 N–H and O–H groups in total. The van der Waals surface area contributed by atoms with Crippen molar-refractivity contribution in [3.63, 3.8) is 0 Å². The molecule has 0 aromatic heterocycles. The Hall–Kier alpha value is -1.50. The van der Waals surface area contributed by atoms with Crippen molar-refractivity contribution in [2.24, 2.45) is 0 Å². The Bertz CT molecular complexity index is 473. The molecule has 0 saturated carbocycles. The van der Waals surface area contributed by atoms with Gasteiger partial charge >= 0.3 is 0 Å². The van der Waals surface area contributed by atoms with Crippen molar-refractivity contribution in [1.29, 1.82) is 0 Å². The van der Waals surface area contributed by atoms with Gasteiger partial charge < -0.3 is 0 Å². The molecule has 0 unspecified atom stereocenters. The Balaban J connectivity index is 2.15. The van der Waals surface area contributed by atoms with Crippen molar-refractivity contribution in [3.05, 3.63) is 71.8 Å². The number of benzene rings is 2. The molecule has 1 heteroatoms. The van der Waals surface area contributed by atoms with E-state index in [-0.39, 0.29) is 5.31 Å². The molecular formula is C17H21B. The zero-order valence-electron chi connectivity index (χ0n) is 11.6. The van der Waals surface area contributed by atoms with Crippen LogP contribution in [0, 0.1) is 0 Å². The summed E-state index contributed by atoms with van der Waals surface area (Å²) < 4.78 is 0. The average molecular weight is 236 g/mol. The first-order valence-electron chi connectivity index (χ1n) is 6.70. The van der Waals surface area contributed by atoms with Gasteiger partial charge in [0.1, 0.15) is 0 Å². The summed E-state index contributed by atoms with van der Waals surface area (Å²) >= 11 is 0. The van der Waals surface area contributed by atoms with Gasteiger partial charge in [0.25, 0.3) is 0 Å². The van der Waals surface area contributed by atoms with Gasteiger partial charge in [-0.25, -0.2) is 0 Å². The van der Waals surface area contributed by atoms with E-state index in [1.807, 2.05) is 0 Å². The minimum absolute atomic E-state index is 0.205. The van der Waals surface area contributed by atoms with Gasteiger partial charge in [0.05, 0.1) is 0 Å². The normalized spacial score (nSPS) is 11.3. The third-order valence-corrected chi connectivity index (χ3v) is 4.13. The van der Waals surface area contributed by atoms with Crippen LogP contribution < -0.4 is 0 Å². The van der Waals surface area contributed by atoms with Crippen LogP contribution in [0.3, 0.4) is 0 Å². The third-order valence-electron chi connectivity index (χ3n) is 4.13. The Kier molecular flexibility index (Phi) is 3.91. The highest BCUT2D eigenvalue weighted by Gasteiger charge is 2.30. The van der Waals surface area contributed by atoms with E-state index < -0.39 is 0 Å². The molecule has 0 amide bonds. The van der Waals surface area contributed by atoms with Gasteiger partial charge in [-0.15, -0.1) is 0 Å². The van der Waals surface area contributed by atoms with E-state index in [2.05, 4.69) is 81.3 Å². The van der Waals surface area contributed by atoms with Gasteiger partial charge in [0.2, 0.25) is 0 Å². The molecule has 2 aromatic carbocycles. The summed E-state index contributed by atoms with van der Waals surface area (Å²) in [4.78, 5) is 0. The SMILES string of the molecule is CB(Cc1ccccc1)C(C)(C)c1ccccc1. The molecule has 0 atom stereocenters. The fourth-order valence-electron chi connectivity index (χ4n) is 2.38. The lowest BCUT2D eigenvalue weighted by molar-refractivity contribution is 0.729. The first-order valence-corrected chi connectivity index (χ1v) is 6.70. The van der Waals surface area contributed by atoms with Crippen molar-refractivity contribution >= 4 is 6.71 Å². The summed E-state index contributed by atoms with van der Waals surface area (Å²) in [5.74, 6) is 0. The lowest BCUT2D eigenvalue weighted by atomic mass is 9.32. The second-order valence-corrected chi connectivity index (χ2v) is 5.68. The summed E-state index contributed by atoms with van der Waals surface area (Å²) in [5.41, 5.74) is 2.85. The second-order valence-electron chi connectivity index (χ2n) is 5.68. The Morgan fingerprint density at radius 2 is 1.33 bits per heavy atom. The third kappa shape index (κ3) is 2.84. The lowest BCUT2D eigenvalue weighted by Crippen LogP contribution is -2.37. The van der Waals surface area contributed by atoms with Crippen LogP contribution in [-0.2, 0) is 11.6 Å². The molecule has 18 heavy (non-hydrogen) atoms. The Morgan fingerprint density at radius 1 is 0.833 bits per heavy atom. The predicted octanol–water partition coefficient (Wildman–Crippen LogP) is 4.41. The largest absolute Gasteiger partial charge is 0.152 e. The highest BCUT2D eigenvalue weighted by molar-refractivity contribution is 6.60. The van der Waals surface area contributed by atoms with Crippen molar-refractivity contribution in [2.45, 2.75) is 32.3 Å². The highest BCUT2D eigenvalue weighted by Crippen LogP contribution is 2.27. The van der Waals surface area contributed by atoms with Gasteiger partial charge in [-0.3, -0.25) is 0 Å². The van der Waals surface area contributed by atoms with E-state index in [0.29, 0.717) is 6.71 Å². The van der Waals surface area contributed by atoms with E-state index in [1.54, 1.807) is 0 Å². The van der Waals surface area contributed by atoms with Crippen LogP contribution in [0.2, 0.25) is 6.82 Å². The van der Waals surface area contributed by atoms with Crippen molar-refractivity contribution in [1.82, 2.24) is 0 Å². The van der Waals surface area contributed by atoms with Crippen LogP contribution in [0.4, 0.5) is 0 Å². The van der Waals surface area contributed by atoms with Crippen molar-refractivity contribution in [2.75, 3.05) is 0 Å². The summed E-state index contributed by atoms with van der Waals surface area (Å²) in [7, 11) is 0. The van der Waals surface area contributed by atoms with Crippen LogP contribution in [0.1, 0.15) is 25.0 Å². The maximum absolute atomic E-state index is 2.35. The summed E-state index contributed by atoms with van der Waals surface area (Å²) in [5, 5.41) is 0.205. The smallest absolute Gasteiger partial charge is 0.0851 e. The molecule has 0 heterocycles. The predicted molar refractivity (Wildman–Crippen MR) is 81.2 cm³/mol. The van der Waals surface area contributed by atoms with Gasteiger partial charge in [-0.05, 0) is 17.2 Å². The molecule has 2 aromatic rings. The number of hydrogen-bond donors (Lipinski definition) is 0. The fourth-order valence-corrected chi connectivity index (χ4v) is 2.38. The summed E-state index contributed by atoms with van der Waals surface area (Å²) in [6.07, 6.45) is 1.13. The first-order chi connectivity index (χ1) is 8.60. The van der Waals surface area contributed by atoms with E-state index in [4.69, 9.17) is 0 Å². The first kappa shape index (κ1) is 12.9. The molecule has 0 fully saturated rings. The second kappa shape index (κ2) is 5.43. The molecule has 0 saturated heterocycles. The monoisotopic (exact) mass is 236 g/mol. The summed E-state index contributed by atoms with van der Waals surface area (Å²) in [6.45, 7) is 7.65. The average Bonchev–Trinajstić information content (AvgIpc) is 2.41. The molecule has 0 spiro atoms. The minimum Gasteiger partial charge on any atom is -0.0851 e. The number of hydrogen-bond acceptors (Lipinski definition) is 0. The molecule has 0 bridgehead atoms. The molecular weight excluding hydrogens is 215 g/mol. The van der Waals surface area contributed by atoms with Gasteiger partial charge in [0, 0.05) is 0 Å². The van der Waals surface area contributed by atoms with Crippen LogP contribution in [-0.4, -0.2) is 6.71 Å². The molecule has 0 nitrogen and oxygen atoms in total. The molecule has 0 radical (unpaired) electrons. The van der Waals surface area contributed by atoms with Crippen LogP contribution >= 0.6 is 0 Å². The number of rotatable bonds is 4. The molecule has 0 aliphatic heterocycles. The zero-order valence-corrected chi connectivity index (χ0v) is 11.6. The Morgan fingerprint density at radius 3 is 1.89 bits per heavy atom. The maximum Gasteiger partial charge on any atom is 0.152 e. The van der Waals surface area contributed by atoms with Crippen LogP contribution in [0.25, 0.3) is 0 Å². The van der Waals surface area contributed by atoms with Gasteiger partial charge in [-0.2, -0.15) is 0 Å². The maximum atomic E-state index is 2.35. The quantitative estimate of drug-likeness (QED) is 0.690. The van der Waals surface area contributed by atoms with Crippen LogP contribution in [0.5, 0.6) is 0 Å². The molecule has 92 valence electrons. The van der Waals surface area contributed by atoms with Gasteiger partial charge in [0.15, 0.2) is 6.71 Å². The highest BCUT2D eigenvalue weighted by atomic mass is 14.2. The fraction of sp³-hybridized carbons (Fsp3) is 0.294. The van der Waals surface area contributed by atoms with Gasteiger partial charge in [-0.1, -0.05) is 86.9 Å².